The molecule has 0 unspecified atom stereocenters. The highest BCUT2D eigenvalue weighted by molar-refractivity contribution is 5.85. The molecule has 1 aromatic carbocycles. The molecule has 0 atom stereocenters. The lowest BCUT2D eigenvalue weighted by molar-refractivity contribution is -0.130. The number of carbonyl (C=O) groups is 1. The van der Waals surface area contributed by atoms with Crippen LogP contribution in [-0.4, -0.2) is 52.0 Å². The zero-order chi connectivity index (χ0) is 16.1. The maximum absolute atomic E-state index is 11.8. The van der Waals surface area contributed by atoms with Crippen LogP contribution in [0, 0.1) is 0 Å². The van der Waals surface area contributed by atoms with Gasteiger partial charge in [-0.25, -0.2) is 0 Å². The molecule has 1 amide bonds. The van der Waals surface area contributed by atoms with Gasteiger partial charge >= 0.3 is 0 Å². The van der Waals surface area contributed by atoms with Crippen molar-refractivity contribution in [3.8, 4) is 11.5 Å². The van der Waals surface area contributed by atoms with Gasteiger partial charge in [0, 0.05) is 38.2 Å². The fraction of sp³-hybridized carbons (Fsp3) is 0.471. The van der Waals surface area contributed by atoms with Crippen LogP contribution in [-0.2, 0) is 11.3 Å². The average molecular weight is 351 g/mol. The third-order valence-electron chi connectivity index (χ3n) is 4.10. The SMILES string of the molecule is CCC(=O)N1CCCN(Cc2noc(-c3ccccc3)n2)CC1.Cl. The number of aromatic nitrogens is 2. The van der Waals surface area contributed by atoms with Crippen molar-refractivity contribution in [3.05, 3.63) is 36.2 Å². The van der Waals surface area contributed by atoms with Crippen LogP contribution < -0.4 is 0 Å². The predicted octanol–water partition coefficient (Wildman–Crippen LogP) is 2.60. The zero-order valence-corrected chi connectivity index (χ0v) is 14.7. The molecule has 0 spiro atoms. The Bertz CT molecular complexity index is 647. The summed E-state index contributed by atoms with van der Waals surface area (Å²) in [5.41, 5.74) is 0.932. The Morgan fingerprint density at radius 3 is 2.71 bits per heavy atom. The highest BCUT2D eigenvalue weighted by atomic mass is 35.5. The highest BCUT2D eigenvalue weighted by Crippen LogP contribution is 2.17. The summed E-state index contributed by atoms with van der Waals surface area (Å²) >= 11 is 0. The number of benzene rings is 1. The first-order valence-corrected chi connectivity index (χ1v) is 8.14. The molecule has 0 bridgehead atoms. The number of amides is 1. The molecule has 0 radical (unpaired) electrons. The van der Waals surface area contributed by atoms with Gasteiger partial charge in [0.2, 0.25) is 5.91 Å². The Balaban J connectivity index is 0.00000208. The van der Waals surface area contributed by atoms with E-state index in [2.05, 4.69) is 15.0 Å². The molecule has 1 aliphatic heterocycles. The summed E-state index contributed by atoms with van der Waals surface area (Å²) in [7, 11) is 0. The van der Waals surface area contributed by atoms with E-state index in [9.17, 15) is 4.79 Å². The lowest BCUT2D eigenvalue weighted by atomic mass is 10.2. The van der Waals surface area contributed by atoms with E-state index in [-0.39, 0.29) is 18.3 Å². The van der Waals surface area contributed by atoms with E-state index in [4.69, 9.17) is 4.52 Å². The number of halogens is 1. The van der Waals surface area contributed by atoms with Crippen LogP contribution in [0.5, 0.6) is 0 Å². The van der Waals surface area contributed by atoms with Gasteiger partial charge in [-0.3, -0.25) is 9.69 Å². The van der Waals surface area contributed by atoms with E-state index < -0.39 is 0 Å². The molecule has 130 valence electrons. The minimum Gasteiger partial charge on any atom is -0.341 e. The van der Waals surface area contributed by atoms with Crippen molar-refractivity contribution in [3.63, 3.8) is 0 Å². The normalized spacial score (nSPS) is 15.6. The second-order valence-electron chi connectivity index (χ2n) is 5.75. The van der Waals surface area contributed by atoms with Crippen molar-refractivity contribution in [2.75, 3.05) is 26.2 Å². The van der Waals surface area contributed by atoms with Crippen molar-refractivity contribution in [2.45, 2.75) is 26.3 Å². The Morgan fingerprint density at radius 2 is 1.96 bits per heavy atom. The monoisotopic (exact) mass is 350 g/mol. The maximum Gasteiger partial charge on any atom is 0.257 e. The molecule has 2 aromatic rings. The number of hydrogen-bond acceptors (Lipinski definition) is 5. The minimum atomic E-state index is 0. The van der Waals surface area contributed by atoms with Crippen LogP contribution in [0.1, 0.15) is 25.6 Å². The second-order valence-corrected chi connectivity index (χ2v) is 5.75. The van der Waals surface area contributed by atoms with Gasteiger partial charge < -0.3 is 9.42 Å². The van der Waals surface area contributed by atoms with Crippen molar-refractivity contribution in [1.82, 2.24) is 19.9 Å². The van der Waals surface area contributed by atoms with E-state index in [0.717, 1.165) is 38.2 Å². The average Bonchev–Trinajstić information content (AvgIpc) is 2.93. The second kappa shape index (κ2) is 8.80. The first-order chi connectivity index (χ1) is 11.3. The Labute approximate surface area is 148 Å². The number of carbonyl (C=O) groups excluding carboxylic acids is 1. The summed E-state index contributed by atoms with van der Waals surface area (Å²) < 4.78 is 5.35. The first kappa shape index (κ1) is 18.4. The summed E-state index contributed by atoms with van der Waals surface area (Å²) in [5.74, 6) is 1.48. The molecule has 6 nitrogen and oxygen atoms in total. The third kappa shape index (κ3) is 4.55. The largest absolute Gasteiger partial charge is 0.341 e. The van der Waals surface area contributed by atoms with E-state index in [1.165, 1.54) is 0 Å². The van der Waals surface area contributed by atoms with Crippen molar-refractivity contribution < 1.29 is 9.32 Å². The van der Waals surface area contributed by atoms with E-state index in [1.807, 2.05) is 42.2 Å². The highest BCUT2D eigenvalue weighted by Gasteiger charge is 2.19. The van der Waals surface area contributed by atoms with E-state index in [0.29, 0.717) is 24.7 Å². The van der Waals surface area contributed by atoms with Crippen LogP contribution in [0.15, 0.2) is 34.9 Å². The number of hydrogen-bond donors (Lipinski definition) is 0. The summed E-state index contributed by atoms with van der Waals surface area (Å²) in [6.45, 7) is 5.98. The molecule has 0 saturated carbocycles. The van der Waals surface area contributed by atoms with Crippen LogP contribution in [0.3, 0.4) is 0 Å². The zero-order valence-electron chi connectivity index (χ0n) is 13.9. The number of rotatable bonds is 4. The predicted molar refractivity (Wildman–Crippen MR) is 93.7 cm³/mol. The standard InChI is InChI=1S/C17H22N4O2.ClH/c1-2-16(22)21-10-6-9-20(11-12-21)13-15-18-17(23-19-15)14-7-4-3-5-8-14;/h3-5,7-8H,2,6,9-13H2,1H3;1H. The fourth-order valence-electron chi connectivity index (χ4n) is 2.82. The molecule has 2 heterocycles. The molecule has 24 heavy (non-hydrogen) atoms. The topological polar surface area (TPSA) is 62.5 Å². The first-order valence-electron chi connectivity index (χ1n) is 8.14. The Hall–Kier alpha value is -1.92. The van der Waals surface area contributed by atoms with Gasteiger partial charge in [0.15, 0.2) is 5.82 Å². The van der Waals surface area contributed by atoms with Crippen molar-refractivity contribution >= 4 is 18.3 Å². The smallest absolute Gasteiger partial charge is 0.257 e. The molecule has 1 aromatic heterocycles. The Kier molecular flexibility index (Phi) is 6.75. The van der Waals surface area contributed by atoms with Gasteiger partial charge in [-0.2, -0.15) is 4.98 Å². The van der Waals surface area contributed by atoms with Gasteiger partial charge in [-0.05, 0) is 18.6 Å². The molecule has 3 rings (SSSR count). The van der Waals surface area contributed by atoms with Crippen LogP contribution in [0.4, 0.5) is 0 Å². The molecular weight excluding hydrogens is 328 g/mol. The quantitative estimate of drug-likeness (QED) is 0.848. The molecule has 0 N–H and O–H groups in total. The van der Waals surface area contributed by atoms with Gasteiger partial charge in [0.1, 0.15) is 0 Å². The maximum atomic E-state index is 11.8. The summed E-state index contributed by atoms with van der Waals surface area (Å²) in [6, 6.07) is 9.77. The minimum absolute atomic E-state index is 0. The van der Waals surface area contributed by atoms with Crippen LogP contribution >= 0.6 is 12.4 Å². The molecule has 0 aliphatic carbocycles. The summed E-state index contributed by atoms with van der Waals surface area (Å²) in [6.07, 6.45) is 1.56. The fourth-order valence-corrected chi connectivity index (χ4v) is 2.82. The molecule has 1 fully saturated rings. The van der Waals surface area contributed by atoms with Gasteiger partial charge in [0.25, 0.3) is 5.89 Å². The van der Waals surface area contributed by atoms with E-state index >= 15 is 0 Å². The number of nitrogens with zero attached hydrogens (tertiary/aromatic N) is 4. The Morgan fingerprint density at radius 1 is 1.17 bits per heavy atom. The van der Waals surface area contributed by atoms with Crippen molar-refractivity contribution in [2.24, 2.45) is 0 Å². The van der Waals surface area contributed by atoms with Crippen LogP contribution in [0.2, 0.25) is 0 Å². The van der Waals surface area contributed by atoms with Gasteiger partial charge in [-0.15, -0.1) is 12.4 Å². The lowest BCUT2D eigenvalue weighted by Crippen LogP contribution is -2.34. The molecule has 1 saturated heterocycles. The molecular formula is C17H23ClN4O2. The van der Waals surface area contributed by atoms with E-state index in [1.54, 1.807) is 0 Å². The van der Waals surface area contributed by atoms with Gasteiger partial charge in [-0.1, -0.05) is 30.3 Å². The molecule has 1 aliphatic rings. The molecule has 7 heteroatoms. The summed E-state index contributed by atoms with van der Waals surface area (Å²) in [4.78, 5) is 20.5. The third-order valence-corrected chi connectivity index (χ3v) is 4.10. The van der Waals surface area contributed by atoms with Crippen molar-refractivity contribution in [1.29, 1.82) is 0 Å². The van der Waals surface area contributed by atoms with Gasteiger partial charge in [0.05, 0.1) is 6.54 Å². The lowest BCUT2D eigenvalue weighted by Gasteiger charge is -2.20. The van der Waals surface area contributed by atoms with Crippen LogP contribution in [0.25, 0.3) is 11.5 Å². The summed E-state index contributed by atoms with van der Waals surface area (Å²) in [5, 5.41) is 4.08.